The molecule has 1 heterocycles. The Morgan fingerprint density at radius 3 is 2.59 bits per heavy atom. The smallest absolute Gasteiger partial charge is 0.236 e. The molecule has 0 saturated carbocycles. The van der Waals surface area contributed by atoms with E-state index in [0.717, 1.165) is 12.5 Å². The highest BCUT2D eigenvalue weighted by Crippen LogP contribution is 2.32. The van der Waals surface area contributed by atoms with E-state index < -0.39 is 11.9 Å². The number of nitrogens with zero attached hydrogens (tertiary/aromatic N) is 2. The SMILES string of the molecule is CCC(C)Sc1nc(C(F)(F)F)ccc1C#N. The van der Waals surface area contributed by atoms with Crippen LogP contribution in [0.3, 0.4) is 0 Å². The Balaban J connectivity index is 3.12. The van der Waals surface area contributed by atoms with Gasteiger partial charge in [-0.25, -0.2) is 4.98 Å². The van der Waals surface area contributed by atoms with Crippen molar-refractivity contribution < 1.29 is 13.2 Å². The molecule has 0 aliphatic rings. The average molecular weight is 260 g/mol. The summed E-state index contributed by atoms with van der Waals surface area (Å²) >= 11 is 1.19. The molecule has 0 amide bonds. The van der Waals surface area contributed by atoms with Crippen LogP contribution < -0.4 is 0 Å². The van der Waals surface area contributed by atoms with Gasteiger partial charge in [0.1, 0.15) is 16.8 Å². The highest BCUT2D eigenvalue weighted by atomic mass is 32.2. The highest BCUT2D eigenvalue weighted by molar-refractivity contribution is 7.99. The fourth-order valence-electron chi connectivity index (χ4n) is 1.05. The molecule has 1 aromatic rings. The zero-order valence-electron chi connectivity index (χ0n) is 9.38. The molecule has 0 aliphatic carbocycles. The van der Waals surface area contributed by atoms with E-state index in [2.05, 4.69) is 4.98 Å². The molecule has 0 fully saturated rings. The van der Waals surface area contributed by atoms with Crippen molar-refractivity contribution in [2.24, 2.45) is 0 Å². The van der Waals surface area contributed by atoms with Crippen LogP contribution in [0.2, 0.25) is 0 Å². The summed E-state index contributed by atoms with van der Waals surface area (Å²) in [5.74, 6) is 0. The quantitative estimate of drug-likeness (QED) is 0.774. The summed E-state index contributed by atoms with van der Waals surface area (Å²) in [4.78, 5) is 3.52. The van der Waals surface area contributed by atoms with E-state index in [4.69, 9.17) is 5.26 Å². The van der Waals surface area contributed by atoms with Crippen LogP contribution in [0.4, 0.5) is 13.2 Å². The molecule has 17 heavy (non-hydrogen) atoms. The van der Waals surface area contributed by atoms with Crippen LogP contribution in [0.1, 0.15) is 31.5 Å². The van der Waals surface area contributed by atoms with Crippen molar-refractivity contribution in [3.05, 3.63) is 23.4 Å². The first-order valence-corrected chi connectivity index (χ1v) is 5.91. The van der Waals surface area contributed by atoms with Crippen molar-refractivity contribution >= 4 is 11.8 Å². The predicted octanol–water partition coefficient (Wildman–Crippen LogP) is 3.86. The van der Waals surface area contributed by atoms with Crippen LogP contribution in [0, 0.1) is 11.3 Å². The van der Waals surface area contributed by atoms with Gasteiger partial charge in [0, 0.05) is 5.25 Å². The summed E-state index contributed by atoms with van der Waals surface area (Å²) in [6.07, 6.45) is -3.67. The molecule has 0 aliphatic heterocycles. The Morgan fingerprint density at radius 2 is 2.12 bits per heavy atom. The summed E-state index contributed by atoms with van der Waals surface area (Å²) in [6.45, 7) is 3.81. The van der Waals surface area contributed by atoms with Crippen LogP contribution in [0.15, 0.2) is 17.2 Å². The van der Waals surface area contributed by atoms with Gasteiger partial charge in [0.15, 0.2) is 0 Å². The fourth-order valence-corrected chi connectivity index (χ4v) is 1.99. The standard InChI is InChI=1S/C11H11F3N2S/c1-3-7(2)17-10-8(6-15)4-5-9(16-10)11(12,13)14/h4-5,7H,3H2,1-2H3. The minimum atomic E-state index is -4.47. The fraction of sp³-hybridized carbons (Fsp3) is 0.455. The first kappa shape index (κ1) is 13.8. The first-order valence-electron chi connectivity index (χ1n) is 5.03. The zero-order chi connectivity index (χ0) is 13.1. The lowest BCUT2D eigenvalue weighted by atomic mass is 10.2. The molecule has 0 spiro atoms. The number of alkyl halides is 3. The van der Waals surface area contributed by atoms with E-state index >= 15 is 0 Å². The van der Waals surface area contributed by atoms with Gasteiger partial charge in [-0.1, -0.05) is 13.8 Å². The summed E-state index contributed by atoms with van der Waals surface area (Å²) in [6, 6.07) is 3.85. The minimum Gasteiger partial charge on any atom is -0.236 e. The van der Waals surface area contributed by atoms with Crippen LogP contribution in [0.5, 0.6) is 0 Å². The molecular formula is C11H11F3N2S. The minimum absolute atomic E-state index is 0.123. The van der Waals surface area contributed by atoms with Crippen molar-refractivity contribution in [3.8, 4) is 6.07 Å². The second kappa shape index (κ2) is 5.41. The molecule has 0 N–H and O–H groups in total. The molecule has 2 nitrogen and oxygen atoms in total. The molecule has 0 radical (unpaired) electrons. The maximum absolute atomic E-state index is 12.5. The Hall–Kier alpha value is -1.22. The van der Waals surface area contributed by atoms with Crippen LogP contribution in [-0.4, -0.2) is 10.2 Å². The molecule has 0 saturated heterocycles. The Morgan fingerprint density at radius 1 is 1.47 bits per heavy atom. The number of rotatable bonds is 3. The largest absolute Gasteiger partial charge is 0.433 e. The van der Waals surface area contributed by atoms with Gasteiger partial charge in [0.2, 0.25) is 0 Å². The van der Waals surface area contributed by atoms with E-state index in [9.17, 15) is 13.2 Å². The van der Waals surface area contributed by atoms with Gasteiger partial charge < -0.3 is 0 Å². The topological polar surface area (TPSA) is 36.7 Å². The molecule has 1 rings (SSSR count). The molecule has 6 heteroatoms. The number of pyridine rings is 1. The van der Waals surface area contributed by atoms with Crippen LogP contribution in [0.25, 0.3) is 0 Å². The number of thioether (sulfide) groups is 1. The van der Waals surface area contributed by atoms with Gasteiger partial charge in [0.05, 0.1) is 5.56 Å². The number of nitriles is 1. The summed E-state index contributed by atoms with van der Waals surface area (Å²) < 4.78 is 37.4. The van der Waals surface area contributed by atoms with Gasteiger partial charge in [-0.3, -0.25) is 0 Å². The molecule has 0 bridgehead atoms. The number of aromatic nitrogens is 1. The Kier molecular flexibility index (Phi) is 4.40. The van der Waals surface area contributed by atoms with Gasteiger partial charge in [-0.2, -0.15) is 18.4 Å². The third-order valence-corrected chi connectivity index (χ3v) is 3.43. The van der Waals surface area contributed by atoms with Crippen molar-refractivity contribution in [2.75, 3.05) is 0 Å². The number of hydrogen-bond acceptors (Lipinski definition) is 3. The lowest BCUT2D eigenvalue weighted by Crippen LogP contribution is -2.09. The zero-order valence-corrected chi connectivity index (χ0v) is 10.2. The summed E-state index contributed by atoms with van der Waals surface area (Å²) in [5.41, 5.74) is -0.773. The molecule has 1 unspecified atom stereocenters. The van der Waals surface area contributed by atoms with E-state index in [1.54, 1.807) is 0 Å². The molecular weight excluding hydrogens is 249 g/mol. The maximum Gasteiger partial charge on any atom is 0.433 e. The van der Waals surface area contributed by atoms with E-state index in [1.165, 1.54) is 17.8 Å². The molecule has 92 valence electrons. The number of hydrogen-bond donors (Lipinski definition) is 0. The molecule has 0 aromatic carbocycles. The second-order valence-electron chi connectivity index (χ2n) is 3.50. The third kappa shape index (κ3) is 3.63. The molecule has 1 aromatic heterocycles. The van der Waals surface area contributed by atoms with Crippen LogP contribution in [-0.2, 0) is 6.18 Å². The van der Waals surface area contributed by atoms with Crippen molar-refractivity contribution in [2.45, 2.75) is 36.7 Å². The van der Waals surface area contributed by atoms with E-state index in [-0.39, 0.29) is 15.8 Å². The maximum atomic E-state index is 12.5. The molecule has 1 atom stereocenters. The highest BCUT2D eigenvalue weighted by Gasteiger charge is 2.33. The van der Waals surface area contributed by atoms with Crippen molar-refractivity contribution in [3.63, 3.8) is 0 Å². The lowest BCUT2D eigenvalue weighted by molar-refractivity contribution is -0.141. The van der Waals surface area contributed by atoms with Gasteiger partial charge >= 0.3 is 6.18 Å². The monoisotopic (exact) mass is 260 g/mol. The van der Waals surface area contributed by atoms with Gasteiger partial charge in [-0.15, -0.1) is 11.8 Å². The predicted molar refractivity (Wildman–Crippen MR) is 59.6 cm³/mol. The van der Waals surface area contributed by atoms with Gasteiger partial charge in [-0.05, 0) is 18.6 Å². The van der Waals surface area contributed by atoms with Crippen molar-refractivity contribution in [1.82, 2.24) is 4.98 Å². The summed E-state index contributed by atoms with van der Waals surface area (Å²) in [5, 5.41) is 9.09. The second-order valence-corrected chi connectivity index (χ2v) is 4.92. The number of halogens is 3. The summed E-state index contributed by atoms with van der Waals surface area (Å²) in [7, 11) is 0. The average Bonchev–Trinajstić information content (AvgIpc) is 2.27. The van der Waals surface area contributed by atoms with Crippen molar-refractivity contribution in [1.29, 1.82) is 5.26 Å². The Labute approximate surface area is 102 Å². The first-order chi connectivity index (χ1) is 7.88. The van der Waals surface area contributed by atoms with Gasteiger partial charge in [0.25, 0.3) is 0 Å². The van der Waals surface area contributed by atoms with E-state index in [0.29, 0.717) is 0 Å². The lowest BCUT2D eigenvalue weighted by Gasteiger charge is -2.11. The van der Waals surface area contributed by atoms with E-state index in [1.807, 2.05) is 19.9 Å². The normalized spacial score (nSPS) is 13.2. The third-order valence-electron chi connectivity index (χ3n) is 2.16. The Bertz CT molecular complexity index is 437. The van der Waals surface area contributed by atoms with Crippen LogP contribution >= 0.6 is 11.8 Å².